The second kappa shape index (κ2) is 12.9. The first-order valence-corrected chi connectivity index (χ1v) is 17.8. The van der Waals surface area contributed by atoms with Crippen molar-refractivity contribution in [3.8, 4) is 67.5 Å². The molecule has 248 valence electrons. The van der Waals surface area contributed by atoms with E-state index >= 15 is 0 Å². The Morgan fingerprint density at radius 1 is 0.264 bits per heavy atom. The molecule has 0 N–H and O–H groups in total. The van der Waals surface area contributed by atoms with Crippen LogP contribution in [0.15, 0.2) is 192 Å². The van der Waals surface area contributed by atoms with E-state index in [4.69, 9.17) is 19.4 Å². The number of hydrogen-bond donors (Lipinski definition) is 0. The zero-order valence-electron chi connectivity index (χ0n) is 28.6. The molecule has 0 aliphatic carbocycles. The molecule has 53 heavy (non-hydrogen) atoms. The molecule has 10 aromatic rings. The van der Waals surface area contributed by atoms with Gasteiger partial charge >= 0.3 is 0 Å². The van der Waals surface area contributed by atoms with E-state index in [0.717, 1.165) is 55.3 Å². The maximum Gasteiger partial charge on any atom is 0.164 e. The fourth-order valence-corrected chi connectivity index (χ4v) is 7.29. The lowest BCUT2D eigenvalue weighted by Gasteiger charge is -2.12. The highest BCUT2D eigenvalue weighted by atomic mass is 16.3. The molecule has 0 bridgehead atoms. The minimum atomic E-state index is 0.635. The van der Waals surface area contributed by atoms with Gasteiger partial charge in [0.2, 0.25) is 0 Å². The second-order valence-corrected chi connectivity index (χ2v) is 13.2. The maximum atomic E-state index is 6.56. The maximum absolute atomic E-state index is 6.56. The van der Waals surface area contributed by atoms with Crippen molar-refractivity contribution in [3.63, 3.8) is 0 Å². The molecule has 0 atom stereocenters. The van der Waals surface area contributed by atoms with Gasteiger partial charge in [-0.05, 0) is 68.4 Å². The molecule has 0 aliphatic rings. The summed E-state index contributed by atoms with van der Waals surface area (Å²) in [5.41, 5.74) is 11.5. The summed E-state index contributed by atoms with van der Waals surface area (Å²) in [5, 5.41) is 4.66. The van der Waals surface area contributed by atoms with Gasteiger partial charge in [-0.15, -0.1) is 0 Å². The lowest BCUT2D eigenvalue weighted by Crippen LogP contribution is -2.00. The second-order valence-electron chi connectivity index (χ2n) is 13.2. The van der Waals surface area contributed by atoms with E-state index in [9.17, 15) is 0 Å². The van der Waals surface area contributed by atoms with Crippen LogP contribution in [-0.2, 0) is 0 Å². The fraction of sp³-hybridized carbons (Fsp3) is 0. The summed E-state index contributed by atoms with van der Waals surface area (Å²) in [6, 6.07) is 65.2. The van der Waals surface area contributed by atoms with Gasteiger partial charge in [0, 0.05) is 27.5 Å². The summed E-state index contributed by atoms with van der Waals surface area (Å²) < 4.78 is 6.56. The number of aromatic nitrogens is 3. The van der Waals surface area contributed by atoms with Gasteiger partial charge in [-0.2, -0.15) is 0 Å². The van der Waals surface area contributed by atoms with Gasteiger partial charge < -0.3 is 4.42 Å². The Hall–Kier alpha value is -7.17. The Balaban J connectivity index is 0.991. The third-order valence-electron chi connectivity index (χ3n) is 9.97. The van der Waals surface area contributed by atoms with Crippen LogP contribution in [0.4, 0.5) is 0 Å². The number of hydrogen-bond acceptors (Lipinski definition) is 4. The molecule has 0 saturated heterocycles. The van der Waals surface area contributed by atoms with Crippen LogP contribution in [-0.4, -0.2) is 15.0 Å². The van der Waals surface area contributed by atoms with Crippen molar-refractivity contribution in [2.45, 2.75) is 0 Å². The number of fused-ring (bicyclic) bond motifs is 4. The van der Waals surface area contributed by atoms with Gasteiger partial charge in [0.25, 0.3) is 0 Å². The van der Waals surface area contributed by atoms with Crippen molar-refractivity contribution in [1.29, 1.82) is 0 Å². The number of benzene rings is 8. The summed E-state index contributed by atoms with van der Waals surface area (Å²) in [6.07, 6.45) is 0. The monoisotopic (exact) mass is 677 g/mol. The van der Waals surface area contributed by atoms with Crippen LogP contribution in [0.3, 0.4) is 0 Å². The number of furan rings is 1. The van der Waals surface area contributed by atoms with Crippen LogP contribution in [0.25, 0.3) is 100 Å². The van der Waals surface area contributed by atoms with Crippen molar-refractivity contribution < 1.29 is 4.42 Å². The first-order valence-electron chi connectivity index (χ1n) is 17.8. The van der Waals surface area contributed by atoms with E-state index in [1.54, 1.807) is 0 Å². The van der Waals surface area contributed by atoms with E-state index < -0.39 is 0 Å². The van der Waals surface area contributed by atoms with Crippen LogP contribution < -0.4 is 0 Å². The molecule has 0 saturated carbocycles. The lowest BCUT2D eigenvalue weighted by molar-refractivity contribution is 0.669. The van der Waals surface area contributed by atoms with Crippen molar-refractivity contribution >= 4 is 32.7 Å². The molecule has 8 aromatic carbocycles. The Labute approximate surface area is 306 Å². The molecule has 0 radical (unpaired) electrons. The average molecular weight is 678 g/mol. The zero-order valence-corrected chi connectivity index (χ0v) is 28.6. The lowest BCUT2D eigenvalue weighted by atomic mass is 9.92. The predicted molar refractivity (Wildman–Crippen MR) is 217 cm³/mol. The van der Waals surface area contributed by atoms with E-state index in [1.165, 1.54) is 27.5 Å². The highest BCUT2D eigenvalue weighted by Crippen LogP contribution is 2.39. The molecule has 0 spiro atoms. The summed E-state index contributed by atoms with van der Waals surface area (Å²) in [4.78, 5) is 14.6. The average Bonchev–Trinajstić information content (AvgIpc) is 3.61. The van der Waals surface area contributed by atoms with Gasteiger partial charge in [-0.3, -0.25) is 0 Å². The summed E-state index contributed by atoms with van der Waals surface area (Å²) in [7, 11) is 0. The van der Waals surface area contributed by atoms with Crippen LogP contribution >= 0.6 is 0 Å². The number of rotatable bonds is 6. The molecule has 10 rings (SSSR count). The molecule has 4 nitrogen and oxygen atoms in total. The molecule has 4 heteroatoms. The van der Waals surface area contributed by atoms with Gasteiger partial charge in [-0.25, -0.2) is 15.0 Å². The van der Waals surface area contributed by atoms with Crippen molar-refractivity contribution in [2.24, 2.45) is 0 Å². The minimum absolute atomic E-state index is 0.635. The van der Waals surface area contributed by atoms with Crippen molar-refractivity contribution in [3.05, 3.63) is 188 Å². The van der Waals surface area contributed by atoms with Gasteiger partial charge in [-0.1, -0.05) is 164 Å². The van der Waals surface area contributed by atoms with Crippen molar-refractivity contribution in [1.82, 2.24) is 15.0 Å². The molecular formula is C49H31N3O. The third kappa shape index (κ3) is 5.63. The normalized spacial score (nSPS) is 11.4. The fourth-order valence-electron chi connectivity index (χ4n) is 7.29. The van der Waals surface area contributed by atoms with Gasteiger partial charge in [0.05, 0.1) is 0 Å². The molecule has 0 aliphatic heterocycles. The third-order valence-corrected chi connectivity index (χ3v) is 9.97. The Morgan fingerprint density at radius 3 is 1.17 bits per heavy atom. The predicted octanol–water partition coefficient (Wildman–Crippen LogP) is 12.9. The van der Waals surface area contributed by atoms with Gasteiger partial charge in [0.1, 0.15) is 11.2 Å². The smallest absolute Gasteiger partial charge is 0.164 e. The molecule has 0 fully saturated rings. The quantitative estimate of drug-likeness (QED) is 0.176. The van der Waals surface area contributed by atoms with Crippen LogP contribution in [0.2, 0.25) is 0 Å². The van der Waals surface area contributed by atoms with E-state index in [2.05, 4.69) is 127 Å². The summed E-state index contributed by atoms with van der Waals surface area (Å²) >= 11 is 0. The van der Waals surface area contributed by atoms with E-state index in [0.29, 0.717) is 17.5 Å². The van der Waals surface area contributed by atoms with Crippen LogP contribution in [0.5, 0.6) is 0 Å². The summed E-state index contributed by atoms with van der Waals surface area (Å²) in [5.74, 6) is 1.93. The molecule has 2 aromatic heterocycles. The first-order chi connectivity index (χ1) is 26.2. The van der Waals surface area contributed by atoms with E-state index in [-0.39, 0.29) is 0 Å². The zero-order chi connectivity index (χ0) is 35.1. The van der Waals surface area contributed by atoms with Crippen LogP contribution in [0.1, 0.15) is 0 Å². The topological polar surface area (TPSA) is 51.8 Å². The molecule has 2 heterocycles. The van der Waals surface area contributed by atoms with E-state index in [1.807, 2.05) is 60.7 Å². The molecule has 0 amide bonds. The van der Waals surface area contributed by atoms with Gasteiger partial charge in [0.15, 0.2) is 17.5 Å². The highest BCUT2D eigenvalue weighted by molar-refractivity contribution is 6.09. The SMILES string of the molecule is c1ccc(-c2nc(-c3ccccc3)nc(-c3ccc(-c4ccc5c(c4)oc4cc(-c6ccc(-c7ccccc7)c7ccccc67)ccc45)cc3)n2)cc1. The molecular weight excluding hydrogens is 647 g/mol. The minimum Gasteiger partial charge on any atom is -0.456 e. The first kappa shape index (κ1) is 30.6. The molecule has 0 unspecified atom stereocenters. The van der Waals surface area contributed by atoms with Crippen molar-refractivity contribution in [2.75, 3.05) is 0 Å². The van der Waals surface area contributed by atoms with Crippen LogP contribution in [0, 0.1) is 0 Å². The standard InChI is InChI=1S/C49H31N3O/c1-4-12-33(13-5-1)39-28-29-40(42-19-11-10-18-41(39)42)38-25-27-44-43-26-24-37(30-45(43)53-46(44)31-38)32-20-22-36(23-21-32)49-51-47(34-14-6-2-7-15-34)50-48(52-49)35-16-8-3-9-17-35/h1-31H. The Kier molecular flexibility index (Phi) is 7.43. The highest BCUT2D eigenvalue weighted by Gasteiger charge is 2.15. The summed E-state index contributed by atoms with van der Waals surface area (Å²) in [6.45, 7) is 0. The largest absolute Gasteiger partial charge is 0.456 e. The Morgan fingerprint density at radius 2 is 0.642 bits per heavy atom. The Bertz CT molecular complexity index is 2860. The number of nitrogens with zero attached hydrogens (tertiary/aromatic N) is 3.